The second kappa shape index (κ2) is 3.69. The van der Waals surface area contributed by atoms with Crippen LogP contribution in [-0.2, 0) is 4.74 Å². The minimum Gasteiger partial charge on any atom is -0.374 e. The van der Waals surface area contributed by atoms with Crippen molar-refractivity contribution in [2.24, 2.45) is 10.8 Å². The number of hydrogen-bond donors (Lipinski definition) is 2. The van der Waals surface area contributed by atoms with Crippen molar-refractivity contribution in [3.63, 3.8) is 0 Å². The molecule has 0 amide bonds. The van der Waals surface area contributed by atoms with Gasteiger partial charge in [-0.1, -0.05) is 0 Å². The molecule has 0 saturated heterocycles. The number of ether oxygens (including phenoxy) is 1. The van der Waals surface area contributed by atoms with E-state index in [0.29, 0.717) is 6.04 Å². The van der Waals surface area contributed by atoms with Crippen LogP contribution in [0.3, 0.4) is 0 Å². The number of rotatable bonds is 3. The maximum Gasteiger partial charge on any atom is 0.140 e. The summed E-state index contributed by atoms with van der Waals surface area (Å²) in [5.41, 5.74) is 2.55. The zero-order valence-electron chi connectivity index (χ0n) is 7.00. The van der Waals surface area contributed by atoms with Gasteiger partial charge in [0.2, 0.25) is 0 Å². The number of hydrogen-bond acceptors (Lipinski definition) is 3. The third-order valence-corrected chi connectivity index (χ3v) is 1.76. The van der Waals surface area contributed by atoms with Crippen molar-refractivity contribution in [3.8, 4) is 0 Å². The molecule has 4 nitrogen and oxygen atoms in total. The third kappa shape index (κ3) is 2.48. The van der Waals surface area contributed by atoms with Gasteiger partial charge < -0.3 is 10.2 Å². The highest BCUT2D eigenvalue weighted by Gasteiger charge is 2.22. The van der Waals surface area contributed by atoms with E-state index in [1.54, 1.807) is 7.11 Å². The van der Waals surface area contributed by atoms with Crippen LogP contribution in [0.4, 0.5) is 0 Å². The Morgan fingerprint density at radius 2 is 2.36 bits per heavy atom. The Morgan fingerprint density at radius 1 is 1.73 bits per heavy atom. The maximum absolute atomic E-state index is 5.26. The summed E-state index contributed by atoms with van der Waals surface area (Å²) < 4.78 is 5.06. The number of nitrogens with zero attached hydrogens (tertiary/aromatic N) is 1. The molecular formula is C7H15N3O. The van der Waals surface area contributed by atoms with Crippen LogP contribution in [-0.4, -0.2) is 25.1 Å². The second-order valence-electron chi connectivity index (χ2n) is 2.77. The van der Waals surface area contributed by atoms with Crippen LogP contribution < -0.4 is 11.3 Å². The van der Waals surface area contributed by atoms with Crippen LogP contribution in [0.5, 0.6) is 0 Å². The van der Waals surface area contributed by atoms with E-state index in [1.807, 2.05) is 6.92 Å². The Morgan fingerprint density at radius 3 is 2.73 bits per heavy atom. The Hall–Kier alpha value is -0.610. The van der Waals surface area contributed by atoms with E-state index in [1.165, 1.54) is 12.8 Å². The largest absolute Gasteiger partial charge is 0.374 e. The van der Waals surface area contributed by atoms with Gasteiger partial charge in [0.25, 0.3) is 0 Å². The van der Waals surface area contributed by atoms with Gasteiger partial charge >= 0.3 is 0 Å². The van der Waals surface area contributed by atoms with Crippen molar-refractivity contribution < 1.29 is 4.74 Å². The molecule has 0 radical (unpaired) electrons. The van der Waals surface area contributed by atoms with Gasteiger partial charge in [-0.15, -0.1) is 0 Å². The Kier molecular flexibility index (Phi) is 2.84. The van der Waals surface area contributed by atoms with Crippen molar-refractivity contribution in [1.82, 2.24) is 5.43 Å². The zero-order valence-corrected chi connectivity index (χ0v) is 7.00. The first-order chi connectivity index (χ1) is 5.27. The molecule has 0 heterocycles. The van der Waals surface area contributed by atoms with Gasteiger partial charge in [0.15, 0.2) is 0 Å². The molecule has 1 fully saturated rings. The molecule has 0 aromatic heterocycles. The fraction of sp³-hybridized carbons (Fsp3) is 0.857. The summed E-state index contributed by atoms with van der Waals surface area (Å²) in [6, 6.07) is 0.485. The van der Waals surface area contributed by atoms with E-state index >= 15 is 0 Å². The summed E-state index contributed by atoms with van der Waals surface area (Å²) >= 11 is 0. The van der Waals surface area contributed by atoms with E-state index in [2.05, 4.69) is 10.4 Å². The molecule has 1 unspecified atom stereocenters. The van der Waals surface area contributed by atoms with Gasteiger partial charge in [0.1, 0.15) is 11.9 Å². The molecule has 1 aliphatic carbocycles. The first-order valence-corrected chi connectivity index (χ1v) is 3.85. The lowest BCUT2D eigenvalue weighted by Gasteiger charge is -2.11. The summed E-state index contributed by atoms with van der Waals surface area (Å²) in [5, 5.41) is 0. The number of aliphatic imine (C=N–C) groups is 1. The monoisotopic (exact) mass is 157 g/mol. The summed E-state index contributed by atoms with van der Waals surface area (Å²) in [5.74, 6) is 6.01. The highest BCUT2D eigenvalue weighted by molar-refractivity contribution is 5.86. The van der Waals surface area contributed by atoms with E-state index < -0.39 is 0 Å². The number of nitrogens with one attached hydrogen (secondary N) is 1. The van der Waals surface area contributed by atoms with Gasteiger partial charge in [-0.2, -0.15) is 0 Å². The predicted molar refractivity (Wildman–Crippen MR) is 44.3 cm³/mol. The van der Waals surface area contributed by atoms with Crippen LogP contribution >= 0.6 is 0 Å². The van der Waals surface area contributed by atoms with Gasteiger partial charge in [-0.3, -0.25) is 4.99 Å². The fourth-order valence-electron chi connectivity index (χ4n) is 0.772. The molecule has 4 heteroatoms. The topological polar surface area (TPSA) is 59.6 Å². The van der Waals surface area contributed by atoms with Gasteiger partial charge in [0, 0.05) is 7.11 Å². The van der Waals surface area contributed by atoms with E-state index in [0.717, 1.165) is 5.84 Å². The molecule has 3 N–H and O–H groups in total. The Labute approximate surface area is 66.8 Å². The molecule has 1 saturated carbocycles. The number of nitrogens with two attached hydrogens (primary N) is 1. The SMILES string of the molecule is COC(C)C(=NC1CC1)NN. The smallest absolute Gasteiger partial charge is 0.140 e. The second-order valence-corrected chi connectivity index (χ2v) is 2.77. The molecule has 0 aromatic carbocycles. The molecule has 0 spiro atoms. The van der Waals surface area contributed by atoms with E-state index in [9.17, 15) is 0 Å². The molecule has 1 aliphatic rings. The lowest BCUT2D eigenvalue weighted by atomic mass is 10.4. The third-order valence-electron chi connectivity index (χ3n) is 1.76. The molecule has 0 aliphatic heterocycles. The Balaban J connectivity index is 2.45. The Bertz CT molecular complexity index is 154. The van der Waals surface area contributed by atoms with Crippen molar-refractivity contribution in [1.29, 1.82) is 0 Å². The van der Waals surface area contributed by atoms with Crippen molar-refractivity contribution in [2.45, 2.75) is 31.9 Å². The van der Waals surface area contributed by atoms with E-state index in [-0.39, 0.29) is 6.10 Å². The molecule has 11 heavy (non-hydrogen) atoms. The number of amidine groups is 1. The minimum atomic E-state index is -0.0272. The minimum absolute atomic E-state index is 0.0272. The standard InChI is InChI=1S/C7H15N3O/c1-5(11-2)7(10-8)9-6-3-4-6/h5-6H,3-4,8H2,1-2H3,(H,9,10). The fourth-order valence-corrected chi connectivity index (χ4v) is 0.772. The normalized spacial score (nSPS) is 21.5. The van der Waals surface area contributed by atoms with Gasteiger partial charge in [-0.05, 0) is 19.8 Å². The summed E-state index contributed by atoms with van der Waals surface area (Å²) in [4.78, 5) is 4.33. The first kappa shape index (κ1) is 8.49. The summed E-state index contributed by atoms with van der Waals surface area (Å²) in [7, 11) is 1.64. The van der Waals surface area contributed by atoms with Gasteiger partial charge in [0.05, 0.1) is 6.04 Å². The zero-order chi connectivity index (χ0) is 8.27. The van der Waals surface area contributed by atoms with Crippen LogP contribution in [0, 0.1) is 0 Å². The molecule has 0 aromatic rings. The summed E-state index contributed by atoms with van der Waals surface area (Å²) in [6.45, 7) is 1.92. The van der Waals surface area contributed by atoms with Crippen molar-refractivity contribution in [2.75, 3.05) is 7.11 Å². The summed E-state index contributed by atoms with van der Waals surface area (Å²) in [6.07, 6.45) is 2.34. The van der Waals surface area contributed by atoms with Crippen LogP contribution in [0.15, 0.2) is 4.99 Å². The number of methoxy groups -OCH3 is 1. The van der Waals surface area contributed by atoms with Crippen molar-refractivity contribution >= 4 is 5.84 Å². The average Bonchev–Trinajstić information content (AvgIpc) is 2.82. The lowest BCUT2D eigenvalue weighted by molar-refractivity contribution is 0.167. The predicted octanol–water partition coefficient (Wildman–Crippen LogP) is 0.0455. The first-order valence-electron chi connectivity index (χ1n) is 3.85. The quantitative estimate of drug-likeness (QED) is 0.263. The average molecular weight is 157 g/mol. The van der Waals surface area contributed by atoms with Crippen molar-refractivity contribution in [3.05, 3.63) is 0 Å². The molecule has 1 rings (SSSR count). The molecular weight excluding hydrogens is 142 g/mol. The molecule has 0 bridgehead atoms. The highest BCUT2D eigenvalue weighted by atomic mass is 16.5. The van der Waals surface area contributed by atoms with Crippen LogP contribution in [0.1, 0.15) is 19.8 Å². The highest BCUT2D eigenvalue weighted by Crippen LogP contribution is 2.23. The van der Waals surface area contributed by atoms with Crippen LogP contribution in [0.25, 0.3) is 0 Å². The van der Waals surface area contributed by atoms with E-state index in [4.69, 9.17) is 10.6 Å². The van der Waals surface area contributed by atoms with Gasteiger partial charge in [-0.25, -0.2) is 5.84 Å². The molecule has 64 valence electrons. The maximum atomic E-state index is 5.26. The number of hydrazine groups is 1. The molecule has 1 atom stereocenters. The lowest BCUT2D eigenvalue weighted by Crippen LogP contribution is -2.39. The van der Waals surface area contributed by atoms with Crippen LogP contribution in [0.2, 0.25) is 0 Å².